The molecule has 5 nitrogen and oxygen atoms in total. The summed E-state index contributed by atoms with van der Waals surface area (Å²) in [6, 6.07) is 0. The van der Waals surface area contributed by atoms with E-state index in [1.807, 2.05) is 11.7 Å². The number of piperidine rings is 1. The van der Waals surface area contributed by atoms with Crippen LogP contribution in [0.25, 0.3) is 0 Å². The van der Waals surface area contributed by atoms with Crippen LogP contribution in [0.4, 0.5) is 11.5 Å². The molecule has 0 amide bonds. The van der Waals surface area contributed by atoms with E-state index in [0.717, 1.165) is 29.7 Å². The van der Waals surface area contributed by atoms with Gasteiger partial charge in [0.05, 0.1) is 11.4 Å². The number of aryl methyl sites for hydroxylation is 1. The molecule has 1 aliphatic rings. The minimum atomic E-state index is 0.367. The van der Waals surface area contributed by atoms with Crippen molar-refractivity contribution in [2.75, 3.05) is 44.4 Å². The maximum absolute atomic E-state index is 6.30. The predicted molar refractivity (Wildman–Crippen MR) is 85.2 cm³/mol. The number of rotatable bonds is 4. The van der Waals surface area contributed by atoms with Crippen molar-refractivity contribution in [2.24, 2.45) is 13.0 Å². The third kappa shape index (κ3) is 3.08. The Balaban J connectivity index is 2.07. The summed E-state index contributed by atoms with van der Waals surface area (Å²) in [7, 11) is 6.33. The van der Waals surface area contributed by atoms with Crippen LogP contribution in [0.2, 0.25) is 0 Å². The highest BCUT2D eigenvalue weighted by Gasteiger charge is 2.23. The van der Waals surface area contributed by atoms with Crippen LogP contribution >= 0.6 is 0 Å². The van der Waals surface area contributed by atoms with E-state index < -0.39 is 0 Å². The van der Waals surface area contributed by atoms with Crippen molar-refractivity contribution in [1.82, 2.24) is 14.7 Å². The van der Waals surface area contributed by atoms with Gasteiger partial charge in [-0.3, -0.25) is 4.68 Å². The Labute approximate surface area is 122 Å². The molecule has 2 N–H and O–H groups in total. The highest BCUT2D eigenvalue weighted by atomic mass is 15.4. The van der Waals surface area contributed by atoms with Crippen molar-refractivity contribution < 1.29 is 0 Å². The van der Waals surface area contributed by atoms with E-state index in [0.29, 0.717) is 5.92 Å². The van der Waals surface area contributed by atoms with Crippen LogP contribution in [0.1, 0.15) is 38.3 Å². The van der Waals surface area contributed by atoms with Gasteiger partial charge in [-0.05, 0) is 44.8 Å². The molecule has 20 heavy (non-hydrogen) atoms. The van der Waals surface area contributed by atoms with Gasteiger partial charge in [0, 0.05) is 20.6 Å². The van der Waals surface area contributed by atoms with E-state index in [9.17, 15) is 0 Å². The van der Waals surface area contributed by atoms with Crippen molar-refractivity contribution in [3.63, 3.8) is 0 Å². The molecule has 1 aromatic rings. The van der Waals surface area contributed by atoms with Gasteiger partial charge in [0.15, 0.2) is 0 Å². The van der Waals surface area contributed by atoms with E-state index in [-0.39, 0.29) is 0 Å². The van der Waals surface area contributed by atoms with Gasteiger partial charge in [0.2, 0.25) is 0 Å². The Bertz CT molecular complexity index is 443. The molecule has 0 radical (unpaired) electrons. The van der Waals surface area contributed by atoms with Gasteiger partial charge in [-0.1, -0.05) is 13.8 Å². The van der Waals surface area contributed by atoms with Gasteiger partial charge >= 0.3 is 0 Å². The summed E-state index contributed by atoms with van der Waals surface area (Å²) in [5, 5.41) is 4.58. The number of likely N-dealkylation sites (tertiary alicyclic amines) is 1. The summed E-state index contributed by atoms with van der Waals surface area (Å²) in [4.78, 5) is 4.69. The summed E-state index contributed by atoms with van der Waals surface area (Å²) < 4.78 is 1.93. The Morgan fingerprint density at radius 2 is 1.90 bits per heavy atom. The summed E-state index contributed by atoms with van der Waals surface area (Å²) in [5.74, 6) is 2.19. The fourth-order valence-corrected chi connectivity index (χ4v) is 3.15. The Morgan fingerprint density at radius 3 is 2.40 bits per heavy atom. The van der Waals surface area contributed by atoms with E-state index in [1.54, 1.807) is 0 Å². The van der Waals surface area contributed by atoms with Crippen LogP contribution in [-0.2, 0) is 7.05 Å². The highest BCUT2D eigenvalue weighted by Crippen LogP contribution is 2.31. The van der Waals surface area contributed by atoms with Crippen LogP contribution in [0.3, 0.4) is 0 Å². The molecular weight excluding hydrogens is 250 g/mol. The number of nitrogen functional groups attached to an aromatic ring is 1. The van der Waals surface area contributed by atoms with E-state index in [4.69, 9.17) is 5.73 Å². The molecule has 0 saturated carbocycles. The first-order valence-corrected chi connectivity index (χ1v) is 7.62. The molecule has 1 saturated heterocycles. The number of nitrogens with two attached hydrogens (primary N) is 1. The molecule has 0 bridgehead atoms. The lowest BCUT2D eigenvalue weighted by molar-refractivity contribution is 0.222. The quantitative estimate of drug-likeness (QED) is 0.914. The smallest absolute Gasteiger partial charge is 0.150 e. The maximum atomic E-state index is 6.30. The molecule has 2 heterocycles. The Hall–Kier alpha value is -1.23. The molecule has 1 fully saturated rings. The molecule has 2 rings (SSSR count). The second kappa shape index (κ2) is 6.04. The van der Waals surface area contributed by atoms with Gasteiger partial charge in [-0.2, -0.15) is 5.10 Å². The Kier molecular flexibility index (Phi) is 4.58. The molecule has 0 aliphatic carbocycles. The molecule has 1 aromatic heterocycles. The summed E-state index contributed by atoms with van der Waals surface area (Å²) in [5.41, 5.74) is 8.16. The van der Waals surface area contributed by atoms with E-state index >= 15 is 0 Å². The first-order chi connectivity index (χ1) is 9.40. The summed E-state index contributed by atoms with van der Waals surface area (Å²) in [6.45, 7) is 7.75. The zero-order chi connectivity index (χ0) is 14.9. The normalized spacial score (nSPS) is 17.9. The third-order valence-electron chi connectivity index (χ3n) is 4.36. The number of anilines is 2. The minimum absolute atomic E-state index is 0.367. The largest absolute Gasteiger partial charge is 0.394 e. The number of aromatic nitrogens is 2. The maximum Gasteiger partial charge on any atom is 0.150 e. The average molecular weight is 279 g/mol. The zero-order valence-electron chi connectivity index (χ0n) is 13.6. The van der Waals surface area contributed by atoms with Gasteiger partial charge in [-0.15, -0.1) is 0 Å². The highest BCUT2D eigenvalue weighted by molar-refractivity contribution is 5.66. The molecule has 0 unspecified atom stereocenters. The molecular formula is C15H29N5. The standard InChI is InChI=1S/C15H29N5/c1-11(2)14-13(16)15(20(5)17-14)19(4)10-12-6-8-18(3)9-7-12/h11-12H,6-10,16H2,1-5H3. The van der Waals surface area contributed by atoms with Crippen molar-refractivity contribution in [1.29, 1.82) is 0 Å². The predicted octanol–water partition coefficient (Wildman–Crippen LogP) is 1.90. The van der Waals surface area contributed by atoms with Gasteiger partial charge in [0.25, 0.3) is 0 Å². The fourth-order valence-electron chi connectivity index (χ4n) is 3.15. The SMILES string of the molecule is CC(C)c1nn(C)c(N(C)CC2CCN(C)CC2)c1N. The first kappa shape index (κ1) is 15.2. The van der Waals surface area contributed by atoms with Crippen LogP contribution in [0, 0.1) is 5.92 Å². The minimum Gasteiger partial charge on any atom is -0.394 e. The molecule has 0 atom stereocenters. The van der Waals surface area contributed by atoms with Crippen molar-refractivity contribution in [2.45, 2.75) is 32.6 Å². The van der Waals surface area contributed by atoms with E-state index in [1.165, 1.54) is 25.9 Å². The molecule has 5 heteroatoms. The summed E-state index contributed by atoms with van der Waals surface area (Å²) in [6.07, 6.45) is 2.55. The first-order valence-electron chi connectivity index (χ1n) is 7.62. The van der Waals surface area contributed by atoms with Crippen molar-refractivity contribution >= 4 is 11.5 Å². The monoisotopic (exact) mass is 279 g/mol. The lowest BCUT2D eigenvalue weighted by Gasteiger charge is -2.32. The number of nitrogens with zero attached hydrogens (tertiary/aromatic N) is 4. The number of hydrogen-bond acceptors (Lipinski definition) is 4. The zero-order valence-corrected chi connectivity index (χ0v) is 13.6. The lowest BCUT2D eigenvalue weighted by atomic mass is 9.96. The van der Waals surface area contributed by atoms with Crippen LogP contribution < -0.4 is 10.6 Å². The molecule has 1 aliphatic heterocycles. The third-order valence-corrected chi connectivity index (χ3v) is 4.36. The van der Waals surface area contributed by atoms with Crippen LogP contribution in [-0.4, -0.2) is 48.4 Å². The lowest BCUT2D eigenvalue weighted by Crippen LogP contribution is -2.36. The second-order valence-corrected chi connectivity index (χ2v) is 6.53. The second-order valence-electron chi connectivity index (χ2n) is 6.53. The van der Waals surface area contributed by atoms with Crippen LogP contribution in [0.5, 0.6) is 0 Å². The molecule has 0 spiro atoms. The van der Waals surface area contributed by atoms with Crippen LogP contribution in [0.15, 0.2) is 0 Å². The number of hydrogen-bond donors (Lipinski definition) is 1. The molecule has 114 valence electrons. The van der Waals surface area contributed by atoms with Gasteiger partial charge in [0.1, 0.15) is 5.82 Å². The van der Waals surface area contributed by atoms with Crippen molar-refractivity contribution in [3.8, 4) is 0 Å². The Morgan fingerprint density at radius 1 is 1.30 bits per heavy atom. The fraction of sp³-hybridized carbons (Fsp3) is 0.800. The van der Waals surface area contributed by atoms with E-state index in [2.05, 4.69) is 42.8 Å². The summed E-state index contributed by atoms with van der Waals surface area (Å²) >= 11 is 0. The van der Waals surface area contributed by atoms with Crippen molar-refractivity contribution in [3.05, 3.63) is 5.69 Å². The molecule has 0 aromatic carbocycles. The van der Waals surface area contributed by atoms with Gasteiger partial charge in [-0.25, -0.2) is 0 Å². The average Bonchev–Trinajstić information content (AvgIpc) is 2.68. The van der Waals surface area contributed by atoms with Gasteiger partial charge < -0.3 is 15.5 Å². The topological polar surface area (TPSA) is 50.3 Å².